The molecule has 1 heterocycles. The van der Waals surface area contributed by atoms with E-state index in [1.807, 2.05) is 13.8 Å². The number of halogens is 3. The van der Waals surface area contributed by atoms with Crippen LogP contribution in [-0.2, 0) is 6.18 Å². The minimum Gasteiger partial charge on any atom is -0.399 e. The highest BCUT2D eigenvalue weighted by molar-refractivity contribution is 5.80. The number of anilines is 1. The zero-order valence-corrected chi connectivity index (χ0v) is 11.7. The molecule has 0 aliphatic carbocycles. The summed E-state index contributed by atoms with van der Waals surface area (Å²) in [5.41, 5.74) is 6.79. The Labute approximate surface area is 115 Å². The fraction of sp³-hybridized carbons (Fsp3) is 0.500. The molecule has 6 heteroatoms. The number of benzene rings is 1. The van der Waals surface area contributed by atoms with Gasteiger partial charge in [0.2, 0.25) is 5.82 Å². The highest BCUT2D eigenvalue weighted by Crippen LogP contribution is 2.35. The molecule has 0 radical (unpaired) electrons. The third kappa shape index (κ3) is 2.73. The fourth-order valence-electron chi connectivity index (χ4n) is 2.55. The molecule has 2 N–H and O–H groups in total. The van der Waals surface area contributed by atoms with Crippen LogP contribution in [0, 0.1) is 5.92 Å². The largest absolute Gasteiger partial charge is 0.449 e. The Hall–Kier alpha value is -1.72. The Kier molecular flexibility index (Phi) is 3.67. The number of hydrogen-bond donors (Lipinski definition) is 1. The molecule has 0 amide bonds. The molecular formula is C14H18F3N3. The fourth-order valence-corrected chi connectivity index (χ4v) is 2.55. The highest BCUT2D eigenvalue weighted by Gasteiger charge is 2.38. The zero-order chi connectivity index (χ0) is 15.1. The van der Waals surface area contributed by atoms with Crippen LogP contribution >= 0.6 is 0 Å². The second kappa shape index (κ2) is 5.00. The maximum atomic E-state index is 13.2. The molecular weight excluding hydrogens is 267 g/mol. The molecule has 1 unspecified atom stereocenters. The van der Waals surface area contributed by atoms with Crippen molar-refractivity contribution in [1.29, 1.82) is 0 Å². The molecule has 0 saturated heterocycles. The summed E-state index contributed by atoms with van der Waals surface area (Å²) < 4.78 is 40.8. The first kappa shape index (κ1) is 14.7. The predicted octanol–water partition coefficient (Wildman–Crippen LogP) is 4.24. The first-order valence-corrected chi connectivity index (χ1v) is 6.54. The van der Waals surface area contributed by atoms with E-state index in [2.05, 4.69) is 4.98 Å². The molecule has 2 aromatic rings. The van der Waals surface area contributed by atoms with Gasteiger partial charge in [0.05, 0.1) is 11.0 Å². The zero-order valence-electron chi connectivity index (χ0n) is 11.7. The summed E-state index contributed by atoms with van der Waals surface area (Å²) in [5, 5.41) is 0. The third-order valence-corrected chi connectivity index (χ3v) is 3.22. The van der Waals surface area contributed by atoms with Gasteiger partial charge in [-0.1, -0.05) is 13.8 Å². The predicted molar refractivity (Wildman–Crippen MR) is 73.3 cm³/mol. The molecule has 1 aromatic carbocycles. The van der Waals surface area contributed by atoms with E-state index < -0.39 is 12.0 Å². The smallest absolute Gasteiger partial charge is 0.399 e. The van der Waals surface area contributed by atoms with Crippen LogP contribution in [0.3, 0.4) is 0 Å². The van der Waals surface area contributed by atoms with Gasteiger partial charge in [0, 0.05) is 11.7 Å². The first-order valence-electron chi connectivity index (χ1n) is 6.54. The number of nitrogen functional groups attached to an aromatic ring is 1. The molecule has 0 bridgehead atoms. The van der Waals surface area contributed by atoms with E-state index in [1.54, 1.807) is 19.1 Å². The van der Waals surface area contributed by atoms with E-state index in [0.29, 0.717) is 23.5 Å². The van der Waals surface area contributed by atoms with Crippen molar-refractivity contribution in [3.05, 3.63) is 24.0 Å². The van der Waals surface area contributed by atoms with Gasteiger partial charge < -0.3 is 10.3 Å². The quantitative estimate of drug-likeness (QED) is 0.857. The second-order valence-corrected chi connectivity index (χ2v) is 5.53. The van der Waals surface area contributed by atoms with Crippen LogP contribution < -0.4 is 5.73 Å². The molecule has 1 aromatic heterocycles. The van der Waals surface area contributed by atoms with Gasteiger partial charge >= 0.3 is 6.18 Å². The Balaban J connectivity index is 2.64. The lowest BCUT2D eigenvalue weighted by Gasteiger charge is -2.20. The lowest BCUT2D eigenvalue weighted by atomic mass is 10.0. The summed E-state index contributed by atoms with van der Waals surface area (Å²) in [6, 6.07) is 4.40. The summed E-state index contributed by atoms with van der Waals surface area (Å²) in [5.74, 6) is -0.552. The lowest BCUT2D eigenvalue weighted by Crippen LogP contribution is -2.18. The summed E-state index contributed by atoms with van der Waals surface area (Å²) in [4.78, 5) is 3.73. The number of hydrogen-bond acceptors (Lipinski definition) is 2. The first-order chi connectivity index (χ1) is 9.20. The molecule has 0 aliphatic rings. The van der Waals surface area contributed by atoms with Crippen LogP contribution in [0.1, 0.15) is 39.1 Å². The average molecular weight is 285 g/mol. The monoisotopic (exact) mass is 285 g/mol. The number of fused-ring (bicyclic) bond motifs is 1. The van der Waals surface area contributed by atoms with Crippen LogP contribution in [0.4, 0.5) is 18.9 Å². The number of imidazole rings is 1. The Bertz CT molecular complexity index is 614. The van der Waals surface area contributed by atoms with Crippen LogP contribution in [0.5, 0.6) is 0 Å². The van der Waals surface area contributed by atoms with Gasteiger partial charge in [-0.15, -0.1) is 0 Å². The van der Waals surface area contributed by atoms with Gasteiger partial charge in [-0.3, -0.25) is 0 Å². The van der Waals surface area contributed by atoms with Crippen molar-refractivity contribution in [3.8, 4) is 0 Å². The minimum absolute atomic E-state index is 0.278. The summed E-state index contributed by atoms with van der Waals surface area (Å²) in [6.45, 7) is 5.76. The van der Waals surface area contributed by atoms with E-state index in [9.17, 15) is 13.2 Å². The van der Waals surface area contributed by atoms with Crippen LogP contribution in [0.2, 0.25) is 0 Å². The number of rotatable bonds is 3. The van der Waals surface area contributed by atoms with Gasteiger partial charge in [0.25, 0.3) is 0 Å². The van der Waals surface area contributed by atoms with Gasteiger partial charge in [-0.05, 0) is 37.5 Å². The molecule has 1 atom stereocenters. The summed E-state index contributed by atoms with van der Waals surface area (Å²) in [6.07, 6.45) is -3.82. The Morgan fingerprint density at radius 3 is 2.45 bits per heavy atom. The van der Waals surface area contributed by atoms with Crippen LogP contribution in [-0.4, -0.2) is 9.55 Å². The molecule has 110 valence electrons. The molecule has 20 heavy (non-hydrogen) atoms. The van der Waals surface area contributed by atoms with Crippen molar-refractivity contribution in [1.82, 2.24) is 9.55 Å². The topological polar surface area (TPSA) is 43.8 Å². The van der Waals surface area contributed by atoms with Crippen LogP contribution in [0.25, 0.3) is 11.0 Å². The van der Waals surface area contributed by atoms with Crippen molar-refractivity contribution in [2.45, 2.75) is 39.4 Å². The van der Waals surface area contributed by atoms with E-state index in [0.717, 1.165) is 0 Å². The van der Waals surface area contributed by atoms with Crippen LogP contribution in [0.15, 0.2) is 18.2 Å². The average Bonchev–Trinajstić information content (AvgIpc) is 2.65. The maximum Gasteiger partial charge on any atom is 0.449 e. The SMILES string of the molecule is CC(C)CC(C)n1c(C(F)(F)F)nc2cc(N)ccc21. The summed E-state index contributed by atoms with van der Waals surface area (Å²) >= 11 is 0. The van der Waals surface area contributed by atoms with Crippen molar-refractivity contribution in [3.63, 3.8) is 0 Å². The number of nitrogens with two attached hydrogens (primary N) is 1. The van der Waals surface area contributed by atoms with Gasteiger partial charge in [-0.2, -0.15) is 13.2 Å². The van der Waals surface area contributed by atoms with Gasteiger partial charge in [-0.25, -0.2) is 4.98 Å². The van der Waals surface area contributed by atoms with Gasteiger partial charge in [0.15, 0.2) is 0 Å². The molecule has 3 nitrogen and oxygen atoms in total. The normalized spacial score (nSPS) is 14.2. The maximum absolute atomic E-state index is 13.2. The van der Waals surface area contributed by atoms with E-state index in [4.69, 9.17) is 5.73 Å². The highest BCUT2D eigenvalue weighted by atomic mass is 19.4. The van der Waals surface area contributed by atoms with E-state index in [-0.39, 0.29) is 11.6 Å². The van der Waals surface area contributed by atoms with Gasteiger partial charge in [0.1, 0.15) is 0 Å². The van der Waals surface area contributed by atoms with Crippen molar-refractivity contribution in [2.75, 3.05) is 5.73 Å². The molecule has 0 spiro atoms. The number of nitrogens with zero attached hydrogens (tertiary/aromatic N) is 2. The van der Waals surface area contributed by atoms with E-state index in [1.165, 1.54) is 10.6 Å². The molecule has 0 fully saturated rings. The minimum atomic E-state index is -4.47. The standard InChI is InChI=1S/C14H18F3N3/c1-8(2)6-9(3)20-12-5-4-10(18)7-11(12)19-13(20)14(15,16)17/h4-5,7-9H,6,18H2,1-3H3. The van der Waals surface area contributed by atoms with Crippen molar-refractivity contribution < 1.29 is 13.2 Å². The summed E-state index contributed by atoms with van der Waals surface area (Å²) in [7, 11) is 0. The number of aromatic nitrogens is 2. The van der Waals surface area contributed by atoms with E-state index >= 15 is 0 Å². The Morgan fingerprint density at radius 1 is 1.25 bits per heavy atom. The van der Waals surface area contributed by atoms with Crippen molar-refractivity contribution in [2.24, 2.45) is 5.92 Å². The Morgan fingerprint density at radius 2 is 1.90 bits per heavy atom. The third-order valence-electron chi connectivity index (χ3n) is 3.22. The molecule has 0 saturated carbocycles. The lowest BCUT2D eigenvalue weighted by molar-refractivity contribution is -0.147. The number of alkyl halides is 3. The molecule has 2 rings (SSSR count). The second-order valence-electron chi connectivity index (χ2n) is 5.53. The van der Waals surface area contributed by atoms with Crippen molar-refractivity contribution >= 4 is 16.7 Å². The molecule has 0 aliphatic heterocycles.